The third-order valence-electron chi connectivity index (χ3n) is 4.39. The molecule has 1 atom stereocenters. The van der Waals surface area contributed by atoms with Crippen molar-refractivity contribution in [1.82, 2.24) is 14.8 Å². The Morgan fingerprint density at radius 3 is 2.67 bits per heavy atom. The smallest absolute Gasteiger partial charge is 0.226 e. The Labute approximate surface area is 166 Å². The highest BCUT2D eigenvalue weighted by molar-refractivity contribution is 6.35. The second kappa shape index (κ2) is 7.13. The number of methoxy groups -OCH3 is 2. The topological polar surface area (TPSA) is 61.2 Å². The minimum Gasteiger partial charge on any atom is -0.497 e. The van der Waals surface area contributed by atoms with Crippen LogP contribution >= 0.6 is 23.2 Å². The third-order valence-corrected chi connectivity index (χ3v) is 4.95. The van der Waals surface area contributed by atoms with E-state index < -0.39 is 0 Å². The number of hydrogen-bond acceptors (Lipinski definition) is 5. The van der Waals surface area contributed by atoms with Crippen LogP contribution in [0.4, 0.5) is 5.95 Å². The fourth-order valence-electron chi connectivity index (χ4n) is 3.07. The molecule has 0 bridgehead atoms. The summed E-state index contributed by atoms with van der Waals surface area (Å²) in [5.41, 5.74) is 2.59. The standard InChI is InChI=1S/C19H16Cl2N4O2/c1-26-12-4-6-14(18(8-12)27-2)16-9-17(25-19(24-16)22-10-23-25)13-5-3-11(20)7-15(13)21/h3-10,17H,1-2H3,(H,22,23,24). The van der Waals surface area contributed by atoms with Crippen molar-refractivity contribution in [3.63, 3.8) is 0 Å². The van der Waals surface area contributed by atoms with E-state index in [1.165, 1.54) is 6.33 Å². The molecule has 1 aromatic heterocycles. The lowest BCUT2D eigenvalue weighted by atomic mass is 10.0. The van der Waals surface area contributed by atoms with E-state index in [0.717, 1.165) is 16.8 Å². The Kier molecular flexibility index (Phi) is 4.68. The summed E-state index contributed by atoms with van der Waals surface area (Å²) in [6.07, 6.45) is 3.53. The monoisotopic (exact) mass is 402 g/mol. The molecule has 4 rings (SSSR count). The van der Waals surface area contributed by atoms with Crippen molar-refractivity contribution in [2.45, 2.75) is 6.04 Å². The van der Waals surface area contributed by atoms with E-state index in [0.29, 0.717) is 27.5 Å². The van der Waals surface area contributed by atoms with Gasteiger partial charge in [-0.1, -0.05) is 29.3 Å². The normalized spacial score (nSPS) is 15.6. The summed E-state index contributed by atoms with van der Waals surface area (Å²) >= 11 is 12.5. The first-order valence-electron chi connectivity index (χ1n) is 8.16. The Morgan fingerprint density at radius 2 is 1.93 bits per heavy atom. The molecule has 8 heteroatoms. The molecular weight excluding hydrogens is 387 g/mol. The van der Waals surface area contributed by atoms with Gasteiger partial charge in [-0.3, -0.25) is 0 Å². The zero-order chi connectivity index (χ0) is 19.0. The Balaban J connectivity index is 1.84. The van der Waals surface area contributed by atoms with E-state index in [1.54, 1.807) is 25.0 Å². The number of halogens is 2. The van der Waals surface area contributed by atoms with Crippen LogP contribution in [0.25, 0.3) is 5.70 Å². The molecule has 0 aliphatic carbocycles. The molecule has 1 aliphatic heterocycles. The maximum absolute atomic E-state index is 6.45. The summed E-state index contributed by atoms with van der Waals surface area (Å²) in [5.74, 6) is 2.01. The molecule has 0 radical (unpaired) electrons. The van der Waals surface area contributed by atoms with Gasteiger partial charge in [-0.15, -0.1) is 0 Å². The van der Waals surface area contributed by atoms with Crippen LogP contribution < -0.4 is 14.8 Å². The number of rotatable bonds is 4. The van der Waals surface area contributed by atoms with Gasteiger partial charge in [0.25, 0.3) is 0 Å². The van der Waals surface area contributed by atoms with E-state index >= 15 is 0 Å². The lowest BCUT2D eigenvalue weighted by molar-refractivity contribution is 0.393. The summed E-state index contributed by atoms with van der Waals surface area (Å²) in [4.78, 5) is 4.31. The van der Waals surface area contributed by atoms with E-state index in [-0.39, 0.29) is 6.04 Å². The van der Waals surface area contributed by atoms with Gasteiger partial charge in [-0.05, 0) is 35.9 Å². The van der Waals surface area contributed by atoms with Crippen molar-refractivity contribution in [2.24, 2.45) is 0 Å². The van der Waals surface area contributed by atoms with Gasteiger partial charge in [0.2, 0.25) is 5.95 Å². The summed E-state index contributed by atoms with van der Waals surface area (Å²) in [6, 6.07) is 10.8. The number of anilines is 1. The lowest BCUT2D eigenvalue weighted by Gasteiger charge is -2.25. The van der Waals surface area contributed by atoms with E-state index in [2.05, 4.69) is 15.4 Å². The van der Waals surface area contributed by atoms with Crippen LogP contribution in [-0.2, 0) is 0 Å². The molecule has 3 aromatic rings. The average molecular weight is 403 g/mol. The number of ether oxygens (including phenoxy) is 2. The number of aromatic nitrogens is 3. The van der Waals surface area contributed by atoms with Crippen LogP contribution in [0.3, 0.4) is 0 Å². The van der Waals surface area contributed by atoms with Gasteiger partial charge in [0.1, 0.15) is 23.9 Å². The molecule has 1 N–H and O–H groups in total. The van der Waals surface area contributed by atoms with Gasteiger partial charge < -0.3 is 14.8 Å². The molecule has 138 valence electrons. The fourth-order valence-corrected chi connectivity index (χ4v) is 3.60. The quantitative estimate of drug-likeness (QED) is 0.687. The first-order chi connectivity index (χ1) is 13.1. The molecule has 1 aliphatic rings. The molecule has 27 heavy (non-hydrogen) atoms. The number of nitrogens with one attached hydrogen (secondary N) is 1. The summed E-state index contributed by atoms with van der Waals surface area (Å²) in [6.45, 7) is 0. The second-order valence-corrected chi connectivity index (χ2v) is 6.75. The van der Waals surface area contributed by atoms with Gasteiger partial charge in [-0.25, -0.2) is 4.68 Å². The minimum absolute atomic E-state index is 0.240. The van der Waals surface area contributed by atoms with E-state index in [9.17, 15) is 0 Å². The van der Waals surface area contributed by atoms with Crippen molar-refractivity contribution in [1.29, 1.82) is 0 Å². The molecule has 0 saturated carbocycles. The van der Waals surface area contributed by atoms with Crippen LogP contribution in [0.5, 0.6) is 11.5 Å². The van der Waals surface area contributed by atoms with Crippen molar-refractivity contribution >= 4 is 34.8 Å². The maximum atomic E-state index is 6.45. The zero-order valence-corrected chi connectivity index (χ0v) is 16.1. The molecule has 6 nitrogen and oxygen atoms in total. The molecule has 0 fully saturated rings. The van der Waals surface area contributed by atoms with Gasteiger partial charge in [0.15, 0.2) is 0 Å². The molecule has 1 unspecified atom stereocenters. The van der Waals surface area contributed by atoms with Gasteiger partial charge in [-0.2, -0.15) is 10.1 Å². The molecule has 0 amide bonds. The van der Waals surface area contributed by atoms with Crippen LogP contribution in [-0.4, -0.2) is 29.0 Å². The van der Waals surface area contributed by atoms with Crippen LogP contribution in [0.1, 0.15) is 17.2 Å². The number of nitrogens with zero attached hydrogens (tertiary/aromatic N) is 3. The molecule has 2 heterocycles. The lowest BCUT2D eigenvalue weighted by Crippen LogP contribution is -2.20. The Morgan fingerprint density at radius 1 is 1.07 bits per heavy atom. The number of benzene rings is 2. The van der Waals surface area contributed by atoms with Crippen LogP contribution in [0.2, 0.25) is 10.0 Å². The van der Waals surface area contributed by atoms with Crippen LogP contribution in [0.15, 0.2) is 48.8 Å². The SMILES string of the molecule is COc1ccc(C2=CC(c3ccc(Cl)cc3Cl)n3ncnc3N2)c(OC)c1. The van der Waals surface area contributed by atoms with Crippen molar-refractivity contribution in [2.75, 3.05) is 19.5 Å². The molecule has 0 spiro atoms. The highest BCUT2D eigenvalue weighted by Crippen LogP contribution is 2.38. The van der Waals surface area contributed by atoms with Crippen molar-refractivity contribution in [3.05, 3.63) is 70.0 Å². The Hall–Kier alpha value is -2.70. The Bertz CT molecular complexity index is 1030. The van der Waals surface area contributed by atoms with E-state index in [1.807, 2.05) is 36.4 Å². The van der Waals surface area contributed by atoms with Gasteiger partial charge in [0.05, 0.1) is 19.9 Å². The maximum Gasteiger partial charge on any atom is 0.226 e. The number of allylic oxidation sites excluding steroid dienone is 1. The minimum atomic E-state index is -0.240. The predicted octanol–water partition coefficient (Wildman–Crippen LogP) is 4.66. The number of hydrogen-bond donors (Lipinski definition) is 1. The largest absolute Gasteiger partial charge is 0.497 e. The summed E-state index contributed by atoms with van der Waals surface area (Å²) in [7, 11) is 3.24. The molecular formula is C19H16Cl2N4O2. The highest BCUT2D eigenvalue weighted by Gasteiger charge is 2.26. The third kappa shape index (κ3) is 3.22. The zero-order valence-electron chi connectivity index (χ0n) is 14.6. The highest BCUT2D eigenvalue weighted by atomic mass is 35.5. The van der Waals surface area contributed by atoms with Gasteiger partial charge in [0, 0.05) is 21.7 Å². The van der Waals surface area contributed by atoms with Crippen molar-refractivity contribution in [3.8, 4) is 11.5 Å². The summed E-state index contributed by atoms with van der Waals surface area (Å²) < 4.78 is 12.6. The van der Waals surface area contributed by atoms with Crippen LogP contribution in [0, 0.1) is 0 Å². The van der Waals surface area contributed by atoms with Gasteiger partial charge >= 0.3 is 0 Å². The van der Waals surface area contributed by atoms with E-state index in [4.69, 9.17) is 32.7 Å². The molecule has 2 aromatic carbocycles. The fraction of sp³-hybridized carbons (Fsp3) is 0.158. The average Bonchev–Trinajstić information content (AvgIpc) is 3.15. The predicted molar refractivity (Wildman–Crippen MR) is 106 cm³/mol. The second-order valence-electron chi connectivity index (χ2n) is 5.91. The first kappa shape index (κ1) is 17.7. The summed E-state index contributed by atoms with van der Waals surface area (Å²) in [5, 5.41) is 8.77. The first-order valence-corrected chi connectivity index (χ1v) is 8.92. The van der Waals surface area contributed by atoms with Crippen molar-refractivity contribution < 1.29 is 9.47 Å². The molecule has 0 saturated heterocycles. The number of fused-ring (bicyclic) bond motifs is 1.